The van der Waals surface area contributed by atoms with E-state index in [1.54, 1.807) is 0 Å². The highest BCUT2D eigenvalue weighted by molar-refractivity contribution is 6.12. The predicted octanol–water partition coefficient (Wildman–Crippen LogP) is 2.34. The normalized spacial score (nSPS) is 10.2. The molecular weight excluding hydrogens is 221 g/mol. The highest BCUT2D eigenvalue weighted by atomic mass is 19.1. The molecule has 0 amide bonds. The molecule has 0 aliphatic rings. The lowest BCUT2D eigenvalue weighted by atomic mass is 10.0. The van der Waals surface area contributed by atoms with Crippen LogP contribution in [0.1, 0.15) is 15.9 Å². The molecule has 4 heteroatoms. The van der Waals surface area contributed by atoms with E-state index in [0.29, 0.717) is 0 Å². The van der Waals surface area contributed by atoms with Crippen molar-refractivity contribution in [2.75, 3.05) is 5.73 Å². The average molecular weight is 231 g/mol. The summed E-state index contributed by atoms with van der Waals surface area (Å²) in [6.45, 7) is 0. The maximum atomic E-state index is 13.0. The average Bonchev–Trinajstić information content (AvgIpc) is 2.31. The van der Waals surface area contributed by atoms with Gasteiger partial charge in [-0.2, -0.15) is 0 Å². The van der Waals surface area contributed by atoms with Crippen molar-refractivity contribution in [1.82, 2.24) is 0 Å². The molecule has 0 radical (unpaired) electrons. The maximum absolute atomic E-state index is 13.0. The Kier molecular flexibility index (Phi) is 2.78. The second-order valence-corrected chi connectivity index (χ2v) is 3.61. The van der Waals surface area contributed by atoms with E-state index in [1.165, 1.54) is 36.4 Å². The molecule has 0 unspecified atom stereocenters. The van der Waals surface area contributed by atoms with E-state index in [0.717, 1.165) is 6.07 Å². The molecule has 0 saturated heterocycles. The van der Waals surface area contributed by atoms with Gasteiger partial charge in [0.25, 0.3) is 0 Å². The lowest BCUT2D eigenvalue weighted by Gasteiger charge is -2.05. The maximum Gasteiger partial charge on any atom is 0.195 e. The van der Waals surface area contributed by atoms with Gasteiger partial charge in [-0.25, -0.2) is 4.39 Å². The highest BCUT2D eigenvalue weighted by Crippen LogP contribution is 2.21. The molecule has 3 N–H and O–H groups in total. The van der Waals surface area contributed by atoms with Gasteiger partial charge in [-0.15, -0.1) is 0 Å². The number of carbonyl (C=O) groups is 1. The molecule has 0 heterocycles. The van der Waals surface area contributed by atoms with Gasteiger partial charge in [0.2, 0.25) is 0 Å². The molecule has 0 aliphatic heterocycles. The summed E-state index contributed by atoms with van der Waals surface area (Å²) in [7, 11) is 0. The van der Waals surface area contributed by atoms with Crippen molar-refractivity contribution < 1.29 is 14.3 Å². The zero-order valence-corrected chi connectivity index (χ0v) is 8.85. The van der Waals surface area contributed by atoms with Crippen LogP contribution in [0.5, 0.6) is 5.75 Å². The van der Waals surface area contributed by atoms with E-state index in [1.807, 2.05) is 0 Å². The molecule has 0 saturated carbocycles. The number of nitrogen functional groups attached to an aromatic ring is 1. The van der Waals surface area contributed by atoms with Crippen LogP contribution in [0.4, 0.5) is 10.1 Å². The Morgan fingerprint density at radius 3 is 2.65 bits per heavy atom. The van der Waals surface area contributed by atoms with Crippen LogP contribution in [0.25, 0.3) is 0 Å². The minimum Gasteiger partial charge on any atom is -0.508 e. The van der Waals surface area contributed by atoms with Crippen molar-refractivity contribution in [3.63, 3.8) is 0 Å². The van der Waals surface area contributed by atoms with E-state index in [2.05, 4.69) is 0 Å². The lowest BCUT2D eigenvalue weighted by molar-refractivity contribution is 0.103. The lowest BCUT2D eigenvalue weighted by Crippen LogP contribution is -2.05. The number of benzene rings is 2. The van der Waals surface area contributed by atoms with E-state index in [9.17, 15) is 14.3 Å². The number of halogens is 1. The van der Waals surface area contributed by atoms with E-state index >= 15 is 0 Å². The molecule has 2 rings (SSSR count). The van der Waals surface area contributed by atoms with Crippen molar-refractivity contribution in [2.45, 2.75) is 0 Å². The summed E-state index contributed by atoms with van der Waals surface area (Å²) < 4.78 is 13.0. The number of hydrogen-bond donors (Lipinski definition) is 2. The van der Waals surface area contributed by atoms with Crippen molar-refractivity contribution in [3.05, 3.63) is 59.4 Å². The van der Waals surface area contributed by atoms with Crippen LogP contribution in [0.2, 0.25) is 0 Å². The summed E-state index contributed by atoms with van der Waals surface area (Å²) in [6, 6.07) is 9.41. The van der Waals surface area contributed by atoms with Crippen molar-refractivity contribution in [2.24, 2.45) is 0 Å². The molecule has 17 heavy (non-hydrogen) atoms. The van der Waals surface area contributed by atoms with Gasteiger partial charge in [-0.05, 0) is 30.3 Å². The fourth-order valence-electron chi connectivity index (χ4n) is 1.53. The second kappa shape index (κ2) is 4.25. The summed E-state index contributed by atoms with van der Waals surface area (Å²) in [5.74, 6) is -0.966. The standard InChI is InChI=1S/C13H10FNO2/c14-9-3-1-2-8(6-9)13(17)11-7-10(16)4-5-12(11)15/h1-7,16H,15H2. The second-order valence-electron chi connectivity index (χ2n) is 3.61. The third-order valence-electron chi connectivity index (χ3n) is 2.37. The molecule has 0 aromatic heterocycles. The Bertz CT molecular complexity index is 581. The summed E-state index contributed by atoms with van der Waals surface area (Å²) in [4.78, 5) is 12.0. The van der Waals surface area contributed by atoms with Gasteiger partial charge in [-0.1, -0.05) is 12.1 Å². The molecule has 2 aromatic carbocycles. The van der Waals surface area contributed by atoms with Crippen LogP contribution in [0.15, 0.2) is 42.5 Å². The smallest absolute Gasteiger partial charge is 0.195 e. The van der Waals surface area contributed by atoms with Gasteiger partial charge in [-0.3, -0.25) is 4.79 Å². The van der Waals surface area contributed by atoms with Gasteiger partial charge >= 0.3 is 0 Å². The van der Waals surface area contributed by atoms with Crippen LogP contribution in [0.3, 0.4) is 0 Å². The van der Waals surface area contributed by atoms with E-state index in [-0.39, 0.29) is 22.6 Å². The van der Waals surface area contributed by atoms with Crippen molar-refractivity contribution in [3.8, 4) is 5.75 Å². The molecule has 3 nitrogen and oxygen atoms in total. The Hall–Kier alpha value is -2.36. The molecule has 86 valence electrons. The first-order valence-electron chi connectivity index (χ1n) is 4.96. The van der Waals surface area contributed by atoms with Crippen molar-refractivity contribution in [1.29, 1.82) is 0 Å². The number of nitrogens with two attached hydrogens (primary N) is 1. The van der Waals surface area contributed by atoms with Gasteiger partial charge in [0.15, 0.2) is 5.78 Å². The number of carbonyl (C=O) groups excluding carboxylic acids is 1. The van der Waals surface area contributed by atoms with Crippen LogP contribution < -0.4 is 5.73 Å². The van der Waals surface area contributed by atoms with E-state index in [4.69, 9.17) is 5.73 Å². The zero-order chi connectivity index (χ0) is 12.4. The minimum atomic E-state index is -0.491. The SMILES string of the molecule is Nc1ccc(O)cc1C(=O)c1cccc(F)c1. The number of phenolic OH excluding ortho intramolecular Hbond substituents is 1. The number of aromatic hydroxyl groups is 1. The van der Waals surface area contributed by atoms with Crippen LogP contribution in [-0.2, 0) is 0 Å². The Morgan fingerprint density at radius 1 is 1.18 bits per heavy atom. The molecular formula is C13H10FNO2. The highest BCUT2D eigenvalue weighted by Gasteiger charge is 2.13. The molecule has 0 aliphatic carbocycles. The molecule has 0 fully saturated rings. The fourth-order valence-corrected chi connectivity index (χ4v) is 1.53. The van der Waals surface area contributed by atoms with Crippen molar-refractivity contribution >= 4 is 11.5 Å². The summed E-state index contributed by atoms with van der Waals surface area (Å²) >= 11 is 0. The Balaban J connectivity index is 2.47. The van der Waals surface area contributed by atoms with Crippen LogP contribution in [-0.4, -0.2) is 10.9 Å². The quantitative estimate of drug-likeness (QED) is 0.473. The first kappa shape index (κ1) is 11.1. The molecule has 0 atom stereocenters. The van der Waals surface area contributed by atoms with Gasteiger partial charge in [0.1, 0.15) is 11.6 Å². The van der Waals surface area contributed by atoms with Gasteiger partial charge < -0.3 is 10.8 Å². The number of anilines is 1. The summed E-state index contributed by atoms with van der Waals surface area (Å²) in [5, 5.41) is 9.31. The Morgan fingerprint density at radius 2 is 1.94 bits per heavy atom. The van der Waals surface area contributed by atoms with Crippen LogP contribution in [0, 0.1) is 5.82 Å². The molecule has 0 spiro atoms. The fraction of sp³-hybridized carbons (Fsp3) is 0. The number of phenols is 1. The summed E-state index contributed by atoms with van der Waals surface area (Å²) in [6.07, 6.45) is 0. The summed E-state index contributed by atoms with van der Waals surface area (Å²) in [5.41, 5.74) is 6.25. The topological polar surface area (TPSA) is 63.3 Å². The monoisotopic (exact) mass is 231 g/mol. The third-order valence-corrected chi connectivity index (χ3v) is 2.37. The number of hydrogen-bond acceptors (Lipinski definition) is 3. The first-order valence-corrected chi connectivity index (χ1v) is 4.96. The third kappa shape index (κ3) is 2.25. The number of rotatable bonds is 2. The number of ketones is 1. The Labute approximate surface area is 97.3 Å². The first-order chi connectivity index (χ1) is 8.08. The predicted molar refractivity (Wildman–Crippen MR) is 62.4 cm³/mol. The van der Waals surface area contributed by atoms with Gasteiger partial charge in [0, 0.05) is 16.8 Å². The minimum absolute atomic E-state index is 0.0565. The largest absolute Gasteiger partial charge is 0.508 e. The zero-order valence-electron chi connectivity index (χ0n) is 8.85. The molecule has 0 bridgehead atoms. The molecule has 2 aromatic rings. The van der Waals surface area contributed by atoms with Crippen LogP contribution >= 0.6 is 0 Å². The van der Waals surface area contributed by atoms with Gasteiger partial charge in [0.05, 0.1) is 0 Å². The van der Waals surface area contributed by atoms with E-state index < -0.39 is 11.6 Å².